The number of Topliss-reactive ketones (excluding diaryl/α,β-unsaturated/α-hetero) is 1. The number of aromatic hydroxyl groups is 1. The van der Waals surface area contributed by atoms with Crippen LogP contribution in [-0.2, 0) is 16.1 Å². The number of rotatable bonds is 7. The molecule has 1 aliphatic heterocycles. The normalized spacial score (nSPS) is 17.0. The molecule has 1 heterocycles. The van der Waals surface area contributed by atoms with Crippen LogP contribution in [0.5, 0.6) is 11.5 Å². The van der Waals surface area contributed by atoms with E-state index in [2.05, 4.69) is 0 Å². The average molecular weight is 510 g/mol. The molecular weight excluding hydrogens is 485 g/mol. The minimum atomic E-state index is -0.982. The SMILES string of the molecule is CCCOc1ccc(/C(O)=C2/C(=O)C(=O)N(Cc3ccc(F)cc3)C2c2ccc(O)c(Cl)c2)cc1C. The number of halogens is 2. The Morgan fingerprint density at radius 1 is 1.08 bits per heavy atom. The molecule has 2 N–H and O–H groups in total. The van der Waals surface area contributed by atoms with Gasteiger partial charge in [0.25, 0.3) is 11.7 Å². The minimum absolute atomic E-state index is 0.00633. The molecule has 3 aromatic rings. The van der Waals surface area contributed by atoms with Crippen molar-refractivity contribution in [2.45, 2.75) is 32.9 Å². The lowest BCUT2D eigenvalue weighted by molar-refractivity contribution is -0.140. The van der Waals surface area contributed by atoms with Crippen LogP contribution in [0, 0.1) is 12.7 Å². The monoisotopic (exact) mass is 509 g/mol. The van der Waals surface area contributed by atoms with Crippen LogP contribution in [-0.4, -0.2) is 33.4 Å². The fourth-order valence-electron chi connectivity index (χ4n) is 4.20. The van der Waals surface area contributed by atoms with Gasteiger partial charge < -0.3 is 19.8 Å². The highest BCUT2D eigenvalue weighted by Crippen LogP contribution is 2.42. The molecule has 186 valence electrons. The van der Waals surface area contributed by atoms with E-state index in [1.807, 2.05) is 13.8 Å². The standard InChI is InChI=1S/C28H25ClFNO5/c1-3-12-36-23-11-7-19(13-16(23)2)26(33)24-25(18-6-10-22(32)21(29)14-18)31(28(35)27(24)34)15-17-4-8-20(30)9-5-17/h4-11,13-14,25,32-33H,3,12,15H2,1-2H3/b26-24-. The van der Waals surface area contributed by atoms with E-state index in [1.165, 1.54) is 47.4 Å². The quantitative estimate of drug-likeness (QED) is 0.235. The molecule has 3 aromatic carbocycles. The summed E-state index contributed by atoms with van der Waals surface area (Å²) in [5.74, 6) is -1.93. The number of phenolic OH excluding ortho intramolecular Hbond substituents is 1. The Morgan fingerprint density at radius 3 is 2.44 bits per heavy atom. The van der Waals surface area contributed by atoms with E-state index in [0.29, 0.717) is 29.0 Å². The predicted octanol–water partition coefficient (Wildman–Crippen LogP) is 5.90. The van der Waals surface area contributed by atoms with Crippen LogP contribution in [0.4, 0.5) is 4.39 Å². The van der Waals surface area contributed by atoms with Gasteiger partial charge in [-0.3, -0.25) is 9.59 Å². The first-order valence-electron chi connectivity index (χ1n) is 11.5. The number of likely N-dealkylation sites (tertiary alicyclic amines) is 1. The van der Waals surface area contributed by atoms with E-state index in [4.69, 9.17) is 16.3 Å². The molecule has 8 heteroatoms. The van der Waals surface area contributed by atoms with Gasteiger partial charge in [0, 0.05) is 12.1 Å². The summed E-state index contributed by atoms with van der Waals surface area (Å²) >= 11 is 6.14. The average Bonchev–Trinajstić information content (AvgIpc) is 3.10. The lowest BCUT2D eigenvalue weighted by atomic mass is 9.94. The van der Waals surface area contributed by atoms with Gasteiger partial charge in [0.05, 0.1) is 23.2 Å². The zero-order chi connectivity index (χ0) is 26.0. The number of hydrogen-bond acceptors (Lipinski definition) is 5. The summed E-state index contributed by atoms with van der Waals surface area (Å²) in [5.41, 5.74) is 2.04. The number of benzene rings is 3. The van der Waals surface area contributed by atoms with E-state index < -0.39 is 23.5 Å². The fourth-order valence-corrected chi connectivity index (χ4v) is 4.38. The molecule has 0 spiro atoms. The number of hydrogen-bond donors (Lipinski definition) is 2. The predicted molar refractivity (Wildman–Crippen MR) is 134 cm³/mol. The zero-order valence-corrected chi connectivity index (χ0v) is 20.6. The molecule has 0 aliphatic carbocycles. The Bertz CT molecular complexity index is 1350. The summed E-state index contributed by atoms with van der Waals surface area (Å²) < 4.78 is 19.1. The second-order valence-electron chi connectivity index (χ2n) is 8.59. The Labute approximate surface area is 213 Å². The number of aryl methyl sites for hydroxylation is 1. The third-order valence-electron chi connectivity index (χ3n) is 6.00. The highest BCUT2D eigenvalue weighted by Gasteiger charge is 2.46. The zero-order valence-electron chi connectivity index (χ0n) is 19.8. The lowest BCUT2D eigenvalue weighted by Gasteiger charge is -2.26. The van der Waals surface area contributed by atoms with Gasteiger partial charge in [-0.2, -0.15) is 0 Å². The number of nitrogens with zero attached hydrogens (tertiary/aromatic N) is 1. The third-order valence-corrected chi connectivity index (χ3v) is 6.31. The first-order chi connectivity index (χ1) is 17.2. The molecule has 0 bridgehead atoms. The molecular formula is C28H25ClFNO5. The Balaban J connectivity index is 1.83. The summed E-state index contributed by atoms with van der Waals surface area (Å²) in [4.78, 5) is 27.7. The van der Waals surface area contributed by atoms with Gasteiger partial charge >= 0.3 is 0 Å². The number of aliphatic hydroxyl groups excluding tert-OH is 1. The van der Waals surface area contributed by atoms with E-state index in [9.17, 15) is 24.2 Å². The van der Waals surface area contributed by atoms with Crippen molar-refractivity contribution in [3.05, 3.63) is 99.3 Å². The van der Waals surface area contributed by atoms with Crippen LogP contribution in [0.2, 0.25) is 5.02 Å². The molecule has 4 rings (SSSR count). The molecule has 1 saturated heterocycles. The fraction of sp³-hybridized carbons (Fsp3) is 0.214. The van der Waals surface area contributed by atoms with Gasteiger partial charge in [0.1, 0.15) is 23.1 Å². The number of amides is 1. The highest BCUT2D eigenvalue weighted by molar-refractivity contribution is 6.46. The second-order valence-corrected chi connectivity index (χ2v) is 9.00. The van der Waals surface area contributed by atoms with E-state index in [1.54, 1.807) is 18.2 Å². The Hall–Kier alpha value is -3.84. The number of carbonyl (C=O) groups is 2. The van der Waals surface area contributed by atoms with Crippen LogP contribution in [0.15, 0.2) is 66.2 Å². The maximum absolute atomic E-state index is 13.4. The summed E-state index contributed by atoms with van der Waals surface area (Å²) in [6.07, 6.45) is 0.841. The van der Waals surface area contributed by atoms with Crippen molar-refractivity contribution >= 4 is 29.1 Å². The topological polar surface area (TPSA) is 87.1 Å². The number of ether oxygens (including phenoxy) is 1. The van der Waals surface area contributed by atoms with Crippen molar-refractivity contribution in [3.63, 3.8) is 0 Å². The maximum atomic E-state index is 13.4. The van der Waals surface area contributed by atoms with Gasteiger partial charge in [0.2, 0.25) is 0 Å². The molecule has 36 heavy (non-hydrogen) atoms. The first-order valence-corrected chi connectivity index (χ1v) is 11.8. The molecule has 0 aromatic heterocycles. The van der Waals surface area contributed by atoms with Gasteiger partial charge in [-0.25, -0.2) is 4.39 Å². The number of ketones is 1. The first kappa shape index (κ1) is 25.3. The van der Waals surface area contributed by atoms with Crippen molar-refractivity contribution in [1.29, 1.82) is 0 Å². The van der Waals surface area contributed by atoms with E-state index in [0.717, 1.165) is 12.0 Å². The van der Waals surface area contributed by atoms with Crippen molar-refractivity contribution in [1.82, 2.24) is 4.90 Å². The summed E-state index contributed by atoms with van der Waals surface area (Å²) in [6.45, 7) is 4.36. The van der Waals surface area contributed by atoms with Gasteiger partial charge in [-0.1, -0.05) is 36.7 Å². The maximum Gasteiger partial charge on any atom is 0.295 e. The van der Waals surface area contributed by atoms with Crippen molar-refractivity contribution in [2.75, 3.05) is 6.61 Å². The Kier molecular flexibility index (Phi) is 7.31. The lowest BCUT2D eigenvalue weighted by Crippen LogP contribution is -2.29. The van der Waals surface area contributed by atoms with Gasteiger partial charge in [-0.15, -0.1) is 0 Å². The van der Waals surface area contributed by atoms with Crippen LogP contribution < -0.4 is 4.74 Å². The highest BCUT2D eigenvalue weighted by atomic mass is 35.5. The minimum Gasteiger partial charge on any atom is -0.507 e. The van der Waals surface area contributed by atoms with Crippen molar-refractivity contribution in [2.24, 2.45) is 0 Å². The molecule has 1 unspecified atom stereocenters. The van der Waals surface area contributed by atoms with E-state index >= 15 is 0 Å². The van der Waals surface area contributed by atoms with E-state index in [-0.39, 0.29) is 28.6 Å². The molecule has 6 nitrogen and oxygen atoms in total. The van der Waals surface area contributed by atoms with Crippen LogP contribution in [0.1, 0.15) is 41.6 Å². The molecule has 1 atom stereocenters. The number of carbonyl (C=O) groups excluding carboxylic acids is 2. The number of aliphatic hydroxyl groups is 1. The summed E-state index contributed by atoms with van der Waals surface area (Å²) in [6, 6.07) is 14.0. The second kappa shape index (κ2) is 10.4. The Morgan fingerprint density at radius 2 is 1.81 bits per heavy atom. The van der Waals surface area contributed by atoms with Crippen LogP contribution >= 0.6 is 11.6 Å². The van der Waals surface area contributed by atoms with Gasteiger partial charge in [-0.05, 0) is 72.5 Å². The van der Waals surface area contributed by atoms with Gasteiger partial charge in [0.15, 0.2) is 0 Å². The molecule has 1 amide bonds. The summed E-state index contributed by atoms with van der Waals surface area (Å²) in [5, 5.41) is 21.2. The molecule has 1 aliphatic rings. The molecule has 0 radical (unpaired) electrons. The smallest absolute Gasteiger partial charge is 0.295 e. The molecule has 0 saturated carbocycles. The third kappa shape index (κ3) is 4.93. The largest absolute Gasteiger partial charge is 0.507 e. The van der Waals surface area contributed by atoms with Crippen LogP contribution in [0.25, 0.3) is 5.76 Å². The summed E-state index contributed by atoms with van der Waals surface area (Å²) in [7, 11) is 0. The van der Waals surface area contributed by atoms with Crippen LogP contribution in [0.3, 0.4) is 0 Å². The van der Waals surface area contributed by atoms with Crippen molar-refractivity contribution in [3.8, 4) is 11.5 Å². The number of phenols is 1. The van der Waals surface area contributed by atoms with Crippen molar-refractivity contribution < 1.29 is 28.9 Å². The molecule has 1 fully saturated rings.